The summed E-state index contributed by atoms with van der Waals surface area (Å²) in [5, 5.41) is 4.43. The van der Waals surface area contributed by atoms with Gasteiger partial charge in [-0.1, -0.05) is 116 Å². The Morgan fingerprint density at radius 2 is 1.36 bits per heavy atom. The molecule has 0 fully saturated rings. The van der Waals surface area contributed by atoms with Crippen molar-refractivity contribution in [3.63, 3.8) is 0 Å². The van der Waals surface area contributed by atoms with Crippen LogP contribution >= 0.6 is 0 Å². The quantitative estimate of drug-likeness (QED) is 0.222. The van der Waals surface area contributed by atoms with E-state index in [4.69, 9.17) is 19.4 Å². The Labute approximate surface area is 243 Å². The first-order valence-electron chi connectivity index (χ1n) is 14.4. The van der Waals surface area contributed by atoms with Gasteiger partial charge in [-0.15, -0.1) is 0 Å². The molecule has 4 heteroatoms. The van der Waals surface area contributed by atoms with Crippen LogP contribution in [-0.2, 0) is 0 Å². The van der Waals surface area contributed by atoms with Crippen molar-refractivity contribution in [3.05, 3.63) is 133 Å². The largest absolute Gasteiger partial charge is 0.456 e. The molecule has 8 rings (SSSR count). The molecular weight excluding hydrogens is 514 g/mol. The number of furan rings is 1. The average molecular weight is 542 g/mol. The zero-order chi connectivity index (χ0) is 28.0. The minimum absolute atomic E-state index is 0.421. The summed E-state index contributed by atoms with van der Waals surface area (Å²) in [6.45, 7) is 2.22. The van der Waals surface area contributed by atoms with Crippen molar-refractivity contribution in [3.8, 4) is 33.9 Å². The molecule has 7 aromatic rings. The zero-order valence-corrected chi connectivity index (χ0v) is 23.2. The molecule has 2 aromatic heterocycles. The van der Waals surface area contributed by atoms with E-state index in [0.29, 0.717) is 23.4 Å². The zero-order valence-electron chi connectivity index (χ0n) is 23.2. The lowest BCUT2D eigenvalue weighted by Gasteiger charge is -2.14. The van der Waals surface area contributed by atoms with Gasteiger partial charge in [-0.25, -0.2) is 15.0 Å². The van der Waals surface area contributed by atoms with Crippen LogP contribution in [0.15, 0.2) is 132 Å². The lowest BCUT2D eigenvalue weighted by Crippen LogP contribution is -2.05. The van der Waals surface area contributed by atoms with E-state index in [1.807, 2.05) is 48.5 Å². The van der Waals surface area contributed by atoms with Gasteiger partial charge in [-0.2, -0.15) is 0 Å². The van der Waals surface area contributed by atoms with Gasteiger partial charge in [-0.05, 0) is 52.4 Å². The molecule has 2 heterocycles. The van der Waals surface area contributed by atoms with Crippen LogP contribution in [0.4, 0.5) is 0 Å². The summed E-state index contributed by atoms with van der Waals surface area (Å²) >= 11 is 0. The molecule has 200 valence electrons. The van der Waals surface area contributed by atoms with E-state index >= 15 is 0 Å². The minimum atomic E-state index is 0.421. The highest BCUT2D eigenvalue weighted by Gasteiger charge is 2.21. The molecule has 0 spiro atoms. The van der Waals surface area contributed by atoms with Gasteiger partial charge in [-0.3, -0.25) is 0 Å². The second-order valence-electron chi connectivity index (χ2n) is 10.9. The lowest BCUT2D eigenvalue weighted by atomic mass is 9.94. The molecule has 0 bridgehead atoms. The number of benzene rings is 5. The first kappa shape index (κ1) is 24.4. The summed E-state index contributed by atoms with van der Waals surface area (Å²) in [4.78, 5) is 15.2. The summed E-state index contributed by atoms with van der Waals surface area (Å²) in [6.07, 6.45) is 7.60. The fourth-order valence-corrected chi connectivity index (χ4v) is 5.99. The van der Waals surface area contributed by atoms with Gasteiger partial charge in [0.05, 0.1) is 0 Å². The summed E-state index contributed by atoms with van der Waals surface area (Å²) < 4.78 is 6.47. The highest BCUT2D eigenvalue weighted by Crippen LogP contribution is 2.41. The van der Waals surface area contributed by atoms with E-state index in [1.165, 1.54) is 10.8 Å². The highest BCUT2D eigenvalue weighted by molar-refractivity contribution is 6.14. The number of fused-ring (bicyclic) bond motifs is 4. The Bertz CT molecular complexity index is 2180. The maximum atomic E-state index is 6.47. The van der Waals surface area contributed by atoms with E-state index < -0.39 is 0 Å². The molecule has 1 atom stereocenters. The van der Waals surface area contributed by atoms with Crippen molar-refractivity contribution in [1.82, 2.24) is 15.0 Å². The molecule has 4 nitrogen and oxygen atoms in total. The van der Waals surface area contributed by atoms with Gasteiger partial charge < -0.3 is 4.42 Å². The van der Waals surface area contributed by atoms with Crippen LogP contribution in [0.3, 0.4) is 0 Å². The third-order valence-electron chi connectivity index (χ3n) is 8.01. The van der Waals surface area contributed by atoms with E-state index in [1.54, 1.807) is 0 Å². The van der Waals surface area contributed by atoms with Crippen molar-refractivity contribution in [1.29, 1.82) is 0 Å². The molecule has 0 radical (unpaired) electrons. The Morgan fingerprint density at radius 1 is 0.619 bits per heavy atom. The number of hydrogen-bond donors (Lipinski definition) is 0. The van der Waals surface area contributed by atoms with Crippen molar-refractivity contribution in [2.45, 2.75) is 13.3 Å². The molecule has 1 unspecified atom stereocenters. The monoisotopic (exact) mass is 541 g/mol. The van der Waals surface area contributed by atoms with Crippen molar-refractivity contribution >= 4 is 38.3 Å². The van der Waals surface area contributed by atoms with Gasteiger partial charge in [0.2, 0.25) is 0 Å². The van der Waals surface area contributed by atoms with Crippen LogP contribution in [0.2, 0.25) is 0 Å². The molecular formula is C38H27N3O. The van der Waals surface area contributed by atoms with E-state index in [-0.39, 0.29) is 0 Å². The summed E-state index contributed by atoms with van der Waals surface area (Å²) in [7, 11) is 0. The van der Waals surface area contributed by atoms with Crippen molar-refractivity contribution < 1.29 is 4.42 Å². The van der Waals surface area contributed by atoms with Gasteiger partial charge in [0.25, 0.3) is 0 Å². The Balaban J connectivity index is 1.45. The Kier molecular flexibility index (Phi) is 5.78. The highest BCUT2D eigenvalue weighted by atomic mass is 16.3. The molecule has 0 amide bonds. The third kappa shape index (κ3) is 4.20. The van der Waals surface area contributed by atoms with Gasteiger partial charge in [0.15, 0.2) is 17.5 Å². The molecule has 0 N–H and O–H groups in total. The number of para-hydroxylation sites is 1. The van der Waals surface area contributed by atoms with Crippen LogP contribution in [0.1, 0.15) is 19.2 Å². The second-order valence-corrected chi connectivity index (χ2v) is 10.9. The number of aromatic nitrogens is 3. The van der Waals surface area contributed by atoms with Crippen molar-refractivity contribution in [2.75, 3.05) is 0 Å². The SMILES string of the molecule is CC1C=C(c2nc(-c3ccccc3)nc(-c3cc(-c4cccc5ccccc45)cc4oc5ccccc5c34)n2)C=CC1. The topological polar surface area (TPSA) is 51.8 Å². The molecule has 5 aromatic carbocycles. The average Bonchev–Trinajstić information content (AvgIpc) is 3.43. The number of nitrogens with zero attached hydrogens (tertiary/aromatic N) is 3. The fourth-order valence-electron chi connectivity index (χ4n) is 5.99. The van der Waals surface area contributed by atoms with Crippen LogP contribution < -0.4 is 0 Å². The number of hydrogen-bond acceptors (Lipinski definition) is 4. The molecule has 0 saturated heterocycles. The van der Waals surface area contributed by atoms with Crippen LogP contribution in [0, 0.1) is 5.92 Å². The molecule has 1 aliphatic carbocycles. The predicted octanol–water partition coefficient (Wildman–Crippen LogP) is 9.90. The Hall–Kier alpha value is -5.35. The van der Waals surface area contributed by atoms with Gasteiger partial charge in [0.1, 0.15) is 11.2 Å². The molecule has 0 saturated carbocycles. The van der Waals surface area contributed by atoms with Crippen LogP contribution in [0.25, 0.3) is 72.2 Å². The smallest absolute Gasteiger partial charge is 0.164 e. The summed E-state index contributed by atoms with van der Waals surface area (Å²) in [5.74, 6) is 2.38. The normalized spacial score (nSPS) is 15.0. The van der Waals surface area contributed by atoms with E-state index in [2.05, 4.69) is 85.8 Å². The van der Waals surface area contributed by atoms with Gasteiger partial charge >= 0.3 is 0 Å². The first-order valence-corrected chi connectivity index (χ1v) is 14.4. The van der Waals surface area contributed by atoms with Crippen LogP contribution in [-0.4, -0.2) is 15.0 Å². The lowest BCUT2D eigenvalue weighted by molar-refractivity contribution is 0.669. The van der Waals surface area contributed by atoms with Crippen molar-refractivity contribution in [2.24, 2.45) is 5.92 Å². The Morgan fingerprint density at radius 3 is 2.24 bits per heavy atom. The fraction of sp³-hybridized carbons (Fsp3) is 0.0789. The molecule has 1 aliphatic rings. The summed E-state index contributed by atoms with van der Waals surface area (Å²) in [5.41, 5.74) is 6.75. The predicted molar refractivity (Wildman–Crippen MR) is 172 cm³/mol. The third-order valence-corrected chi connectivity index (χ3v) is 8.01. The van der Waals surface area contributed by atoms with Gasteiger partial charge in [0, 0.05) is 27.5 Å². The van der Waals surface area contributed by atoms with E-state index in [0.717, 1.165) is 56.2 Å². The maximum Gasteiger partial charge on any atom is 0.164 e. The number of rotatable bonds is 4. The first-order chi connectivity index (χ1) is 20.7. The van der Waals surface area contributed by atoms with Crippen LogP contribution in [0.5, 0.6) is 0 Å². The number of allylic oxidation sites excluding steroid dienone is 4. The van der Waals surface area contributed by atoms with E-state index in [9.17, 15) is 0 Å². The second kappa shape index (κ2) is 9.93. The molecule has 0 aliphatic heterocycles. The minimum Gasteiger partial charge on any atom is -0.456 e. The summed E-state index contributed by atoms with van der Waals surface area (Å²) in [6, 6.07) is 37.6. The standard InChI is InChI=1S/C38H27N3O/c1-24-11-9-16-27(21-24)37-39-36(26-13-3-2-4-14-26)40-38(41-37)32-22-28(30-19-10-15-25-12-5-6-17-29(25)30)23-34-35(32)31-18-7-8-20-33(31)42-34/h2-10,12-24H,11H2,1H3. The maximum absolute atomic E-state index is 6.47. The molecule has 42 heavy (non-hydrogen) atoms.